The average molecular weight is 395 g/mol. The number of carbonyl (C=O) groups excluding carboxylic acids is 2. The lowest BCUT2D eigenvalue weighted by molar-refractivity contribution is -0.147. The molecule has 0 saturated carbocycles. The Balaban J connectivity index is 2.02. The Morgan fingerprint density at radius 1 is 1.19 bits per heavy atom. The van der Waals surface area contributed by atoms with E-state index in [1.54, 1.807) is 37.4 Å². The van der Waals surface area contributed by atoms with Crippen LogP contribution in [0.4, 0.5) is 5.69 Å². The van der Waals surface area contributed by atoms with E-state index in [1.807, 2.05) is 0 Å². The summed E-state index contributed by atoms with van der Waals surface area (Å²) >= 11 is 7.40. The van der Waals surface area contributed by atoms with Gasteiger partial charge in [-0.15, -0.1) is 11.3 Å². The van der Waals surface area contributed by atoms with E-state index in [9.17, 15) is 14.4 Å². The fourth-order valence-corrected chi connectivity index (χ4v) is 2.84. The van der Waals surface area contributed by atoms with Crippen LogP contribution in [0.25, 0.3) is 0 Å². The molecule has 0 fully saturated rings. The number of halogens is 1. The van der Waals surface area contributed by atoms with Crippen molar-refractivity contribution in [2.24, 2.45) is 5.41 Å². The van der Waals surface area contributed by atoms with Crippen LogP contribution in [0.3, 0.4) is 0 Å². The molecule has 1 heterocycles. The van der Waals surface area contributed by atoms with Gasteiger partial charge in [0.25, 0.3) is 11.8 Å². The SMILES string of the molecule is CC(C)(CCNC(=O)c1ccc(Cl)c(NC(=O)c2cccs2)c1)C(=O)O. The quantitative estimate of drug-likeness (QED) is 0.663. The van der Waals surface area contributed by atoms with Crippen molar-refractivity contribution in [3.63, 3.8) is 0 Å². The summed E-state index contributed by atoms with van der Waals surface area (Å²) in [5.41, 5.74) is -0.264. The lowest BCUT2D eigenvalue weighted by Gasteiger charge is -2.19. The van der Waals surface area contributed by atoms with Gasteiger partial charge in [0.1, 0.15) is 0 Å². The topological polar surface area (TPSA) is 95.5 Å². The van der Waals surface area contributed by atoms with Gasteiger partial charge in [0, 0.05) is 12.1 Å². The average Bonchev–Trinajstić information content (AvgIpc) is 3.11. The van der Waals surface area contributed by atoms with Gasteiger partial charge in [-0.1, -0.05) is 17.7 Å². The summed E-state index contributed by atoms with van der Waals surface area (Å²) < 4.78 is 0. The Hall–Kier alpha value is -2.38. The van der Waals surface area contributed by atoms with Crippen LogP contribution in [-0.4, -0.2) is 29.4 Å². The molecule has 1 aromatic heterocycles. The largest absolute Gasteiger partial charge is 0.481 e. The minimum atomic E-state index is -0.923. The van der Waals surface area contributed by atoms with E-state index >= 15 is 0 Å². The van der Waals surface area contributed by atoms with Gasteiger partial charge >= 0.3 is 5.97 Å². The van der Waals surface area contributed by atoms with E-state index in [0.29, 0.717) is 27.6 Å². The normalized spacial score (nSPS) is 11.0. The molecule has 138 valence electrons. The van der Waals surface area contributed by atoms with E-state index < -0.39 is 11.4 Å². The number of carboxylic acids is 1. The van der Waals surface area contributed by atoms with E-state index in [4.69, 9.17) is 16.7 Å². The molecule has 0 spiro atoms. The summed E-state index contributed by atoms with van der Waals surface area (Å²) in [5, 5.41) is 16.6. The number of thiophene rings is 1. The zero-order chi connectivity index (χ0) is 19.3. The van der Waals surface area contributed by atoms with Crippen molar-refractivity contribution in [3.05, 3.63) is 51.2 Å². The number of carboxylic acid groups (broad SMARTS) is 1. The van der Waals surface area contributed by atoms with Gasteiger partial charge in [-0.05, 0) is 49.9 Å². The monoisotopic (exact) mass is 394 g/mol. The third-order valence-corrected chi connectivity index (χ3v) is 5.03. The molecule has 0 radical (unpaired) electrons. The second-order valence-electron chi connectivity index (χ2n) is 6.32. The van der Waals surface area contributed by atoms with Crippen LogP contribution in [0.1, 0.15) is 40.3 Å². The highest BCUT2D eigenvalue weighted by molar-refractivity contribution is 7.12. The second-order valence-corrected chi connectivity index (χ2v) is 7.68. The Morgan fingerprint density at radius 2 is 1.92 bits per heavy atom. The maximum atomic E-state index is 12.3. The molecular formula is C18H19ClN2O4S. The maximum absolute atomic E-state index is 12.3. The van der Waals surface area contributed by atoms with Crippen molar-refractivity contribution in [1.29, 1.82) is 0 Å². The van der Waals surface area contributed by atoms with Crippen LogP contribution >= 0.6 is 22.9 Å². The van der Waals surface area contributed by atoms with Crippen molar-refractivity contribution >= 4 is 46.4 Å². The molecule has 0 saturated heterocycles. The lowest BCUT2D eigenvalue weighted by atomic mass is 9.90. The molecule has 2 rings (SSSR count). The third kappa shape index (κ3) is 5.06. The van der Waals surface area contributed by atoms with E-state index in [-0.39, 0.29) is 18.4 Å². The molecule has 6 nitrogen and oxygen atoms in total. The molecule has 2 aromatic rings. The first kappa shape index (κ1) is 19.9. The zero-order valence-electron chi connectivity index (χ0n) is 14.3. The number of aliphatic carboxylic acids is 1. The molecular weight excluding hydrogens is 376 g/mol. The van der Waals surface area contributed by atoms with E-state index in [2.05, 4.69) is 10.6 Å². The second kappa shape index (κ2) is 8.33. The third-order valence-electron chi connectivity index (χ3n) is 3.84. The van der Waals surface area contributed by atoms with Crippen molar-refractivity contribution in [3.8, 4) is 0 Å². The van der Waals surface area contributed by atoms with Crippen LogP contribution < -0.4 is 10.6 Å². The molecule has 0 bridgehead atoms. The Morgan fingerprint density at radius 3 is 2.54 bits per heavy atom. The first-order valence-electron chi connectivity index (χ1n) is 7.87. The molecule has 0 aliphatic carbocycles. The van der Waals surface area contributed by atoms with Crippen molar-refractivity contribution in [2.45, 2.75) is 20.3 Å². The van der Waals surface area contributed by atoms with Crippen molar-refractivity contribution in [2.75, 3.05) is 11.9 Å². The summed E-state index contributed by atoms with van der Waals surface area (Å²) in [6, 6.07) is 8.02. The fraction of sp³-hybridized carbons (Fsp3) is 0.278. The number of carbonyl (C=O) groups is 3. The predicted octanol–water partition coefficient (Wildman–Crippen LogP) is 3.88. The summed E-state index contributed by atoms with van der Waals surface area (Å²) in [6.07, 6.45) is 0.295. The number of rotatable bonds is 7. The molecule has 0 aliphatic rings. The van der Waals surface area contributed by atoms with Crippen LogP contribution in [0.15, 0.2) is 35.7 Å². The zero-order valence-corrected chi connectivity index (χ0v) is 15.9. The first-order valence-corrected chi connectivity index (χ1v) is 9.12. The van der Waals surface area contributed by atoms with Gasteiger partial charge in [0.2, 0.25) is 0 Å². The molecule has 1 aromatic carbocycles. The summed E-state index contributed by atoms with van der Waals surface area (Å²) in [5.74, 6) is -1.59. The summed E-state index contributed by atoms with van der Waals surface area (Å²) in [6.45, 7) is 3.42. The first-order chi connectivity index (χ1) is 12.2. The molecule has 26 heavy (non-hydrogen) atoms. The maximum Gasteiger partial charge on any atom is 0.309 e. The smallest absolute Gasteiger partial charge is 0.309 e. The Labute approximate surface area is 160 Å². The van der Waals surface area contributed by atoms with Gasteiger partial charge in [-0.2, -0.15) is 0 Å². The van der Waals surface area contributed by atoms with E-state index in [0.717, 1.165) is 0 Å². The highest BCUT2D eigenvalue weighted by Crippen LogP contribution is 2.25. The molecule has 0 unspecified atom stereocenters. The predicted molar refractivity (Wildman–Crippen MR) is 102 cm³/mol. The summed E-state index contributed by atoms with van der Waals surface area (Å²) in [4.78, 5) is 36.0. The lowest BCUT2D eigenvalue weighted by Crippen LogP contribution is -2.32. The van der Waals surface area contributed by atoms with Crippen LogP contribution in [0.2, 0.25) is 5.02 Å². The number of hydrogen-bond acceptors (Lipinski definition) is 4. The minimum absolute atomic E-state index is 0.220. The fourth-order valence-electron chi connectivity index (χ4n) is 2.05. The van der Waals surface area contributed by atoms with Crippen LogP contribution in [0.5, 0.6) is 0 Å². The van der Waals surface area contributed by atoms with Crippen LogP contribution in [-0.2, 0) is 4.79 Å². The van der Waals surface area contributed by atoms with Gasteiger partial charge in [0.15, 0.2) is 0 Å². The van der Waals surface area contributed by atoms with Gasteiger partial charge < -0.3 is 15.7 Å². The number of anilines is 1. The molecule has 0 atom stereocenters. The van der Waals surface area contributed by atoms with Crippen LogP contribution in [0, 0.1) is 5.41 Å². The molecule has 2 amide bonds. The number of benzene rings is 1. The number of hydrogen-bond donors (Lipinski definition) is 3. The van der Waals surface area contributed by atoms with Gasteiger partial charge in [0.05, 0.1) is 21.0 Å². The Kier molecular flexibility index (Phi) is 6.39. The highest BCUT2D eigenvalue weighted by Gasteiger charge is 2.26. The van der Waals surface area contributed by atoms with E-state index in [1.165, 1.54) is 23.5 Å². The standard InChI is InChI=1S/C18H19ClN2O4S/c1-18(2,17(24)25)7-8-20-15(22)11-5-6-12(19)13(10-11)21-16(23)14-4-3-9-26-14/h3-6,9-10H,7-8H2,1-2H3,(H,20,22)(H,21,23)(H,24,25). The van der Waals surface area contributed by atoms with Crippen molar-refractivity contribution < 1.29 is 19.5 Å². The Bertz CT molecular complexity index is 819. The molecule has 8 heteroatoms. The van der Waals surface area contributed by atoms with Gasteiger partial charge in [-0.3, -0.25) is 14.4 Å². The van der Waals surface area contributed by atoms with Crippen molar-refractivity contribution in [1.82, 2.24) is 5.32 Å². The highest BCUT2D eigenvalue weighted by atomic mass is 35.5. The number of amides is 2. The molecule has 0 aliphatic heterocycles. The minimum Gasteiger partial charge on any atom is -0.481 e. The van der Waals surface area contributed by atoms with Gasteiger partial charge in [-0.25, -0.2) is 0 Å². The molecule has 3 N–H and O–H groups in total. The number of nitrogens with one attached hydrogen (secondary N) is 2. The summed E-state index contributed by atoms with van der Waals surface area (Å²) in [7, 11) is 0.